The molecule has 2 amide bonds. The third-order valence-electron chi connectivity index (χ3n) is 4.08. The summed E-state index contributed by atoms with van der Waals surface area (Å²) < 4.78 is 0. The predicted octanol–water partition coefficient (Wildman–Crippen LogP) is 2.13. The second-order valence-corrected chi connectivity index (χ2v) is 5.62. The Hall–Kier alpha value is -2.95. The van der Waals surface area contributed by atoms with Crippen LogP contribution in [0.2, 0.25) is 0 Å². The lowest BCUT2D eigenvalue weighted by Crippen LogP contribution is -2.54. The van der Waals surface area contributed by atoms with E-state index in [0.29, 0.717) is 18.7 Å². The van der Waals surface area contributed by atoms with Crippen molar-refractivity contribution in [2.24, 2.45) is 0 Å². The van der Waals surface area contributed by atoms with Gasteiger partial charge in [-0.3, -0.25) is 14.4 Å². The molecule has 5 nitrogen and oxygen atoms in total. The summed E-state index contributed by atoms with van der Waals surface area (Å²) in [6.45, 7) is 1.14. The molecule has 3 rings (SSSR count). The molecular weight excluding hydrogens is 304 g/mol. The van der Waals surface area contributed by atoms with Crippen LogP contribution in [0.4, 0.5) is 5.69 Å². The van der Waals surface area contributed by atoms with Crippen LogP contribution in [-0.2, 0) is 9.59 Å². The number of ketones is 1. The lowest BCUT2D eigenvalue weighted by atomic mass is 10.1. The van der Waals surface area contributed by atoms with E-state index in [9.17, 15) is 14.4 Å². The number of amides is 2. The summed E-state index contributed by atoms with van der Waals surface area (Å²) >= 11 is 0. The zero-order valence-electron chi connectivity index (χ0n) is 13.2. The number of hydrogen-bond acceptors (Lipinski definition) is 3. The largest absolute Gasteiger partial charge is 0.332 e. The molecule has 0 saturated carbocycles. The highest BCUT2D eigenvalue weighted by Crippen LogP contribution is 2.17. The Morgan fingerprint density at radius 2 is 1.46 bits per heavy atom. The minimum atomic E-state index is -0.550. The fourth-order valence-electron chi connectivity index (χ4n) is 2.75. The Kier molecular flexibility index (Phi) is 4.70. The summed E-state index contributed by atoms with van der Waals surface area (Å²) in [6.07, 6.45) is 0.217. The van der Waals surface area contributed by atoms with Crippen molar-refractivity contribution in [1.82, 2.24) is 4.90 Å². The van der Waals surface area contributed by atoms with Crippen LogP contribution in [0.1, 0.15) is 16.8 Å². The number of Topliss-reactive ketones (excluding diaryl/α,β-unsaturated/α-hetero) is 1. The number of anilines is 1. The van der Waals surface area contributed by atoms with Gasteiger partial charge in [-0.25, -0.2) is 0 Å². The summed E-state index contributed by atoms with van der Waals surface area (Å²) in [7, 11) is 0. The second-order valence-electron chi connectivity index (χ2n) is 5.62. The van der Waals surface area contributed by atoms with Gasteiger partial charge < -0.3 is 9.80 Å². The first kappa shape index (κ1) is 15.9. The molecule has 122 valence electrons. The van der Waals surface area contributed by atoms with Crippen LogP contribution in [-0.4, -0.2) is 42.1 Å². The third kappa shape index (κ3) is 3.35. The monoisotopic (exact) mass is 322 g/mol. The van der Waals surface area contributed by atoms with Crippen molar-refractivity contribution in [3.63, 3.8) is 0 Å². The van der Waals surface area contributed by atoms with E-state index < -0.39 is 11.8 Å². The average Bonchev–Trinajstić information content (AvgIpc) is 2.64. The number of hydrogen-bond donors (Lipinski definition) is 0. The topological polar surface area (TPSA) is 57.7 Å². The summed E-state index contributed by atoms with van der Waals surface area (Å²) in [5, 5.41) is 0. The first-order valence-corrected chi connectivity index (χ1v) is 7.91. The second kappa shape index (κ2) is 7.08. The molecular formula is C19H18N2O3. The van der Waals surface area contributed by atoms with Crippen molar-refractivity contribution in [2.75, 3.05) is 24.5 Å². The van der Waals surface area contributed by atoms with E-state index >= 15 is 0 Å². The summed E-state index contributed by atoms with van der Waals surface area (Å²) in [5.74, 6) is -1.12. The number of nitrogens with zero attached hydrogens (tertiary/aromatic N) is 2. The third-order valence-corrected chi connectivity index (χ3v) is 4.08. The molecule has 0 bridgehead atoms. The van der Waals surface area contributed by atoms with Crippen LogP contribution < -0.4 is 4.90 Å². The Morgan fingerprint density at radius 3 is 2.12 bits per heavy atom. The molecule has 0 aliphatic carbocycles. The van der Waals surface area contributed by atoms with Gasteiger partial charge in [-0.05, 0) is 12.1 Å². The molecule has 5 heteroatoms. The molecule has 2 aromatic carbocycles. The maximum absolute atomic E-state index is 12.3. The highest BCUT2D eigenvalue weighted by molar-refractivity contribution is 6.41. The summed E-state index contributed by atoms with van der Waals surface area (Å²) in [4.78, 5) is 39.7. The molecule has 24 heavy (non-hydrogen) atoms. The Bertz CT molecular complexity index is 744. The van der Waals surface area contributed by atoms with Gasteiger partial charge in [0.05, 0.1) is 0 Å². The summed E-state index contributed by atoms with van der Waals surface area (Å²) in [6, 6.07) is 18.1. The van der Waals surface area contributed by atoms with Gasteiger partial charge in [0.2, 0.25) is 0 Å². The molecule has 0 radical (unpaired) electrons. The van der Waals surface area contributed by atoms with E-state index in [1.165, 1.54) is 9.80 Å². The van der Waals surface area contributed by atoms with Crippen LogP contribution in [0.5, 0.6) is 0 Å². The minimum Gasteiger partial charge on any atom is -0.332 e. The van der Waals surface area contributed by atoms with Crippen molar-refractivity contribution in [2.45, 2.75) is 6.42 Å². The number of para-hydroxylation sites is 1. The quantitative estimate of drug-likeness (QED) is 0.626. The first-order chi connectivity index (χ1) is 11.7. The Balaban J connectivity index is 1.60. The molecule has 1 aliphatic heterocycles. The van der Waals surface area contributed by atoms with E-state index in [1.54, 1.807) is 36.4 Å². The van der Waals surface area contributed by atoms with Crippen molar-refractivity contribution in [1.29, 1.82) is 0 Å². The molecule has 1 fully saturated rings. The molecule has 0 aromatic heterocycles. The van der Waals surface area contributed by atoms with Crippen LogP contribution in [0.3, 0.4) is 0 Å². The number of carbonyl (C=O) groups excluding carboxylic acids is 3. The molecule has 0 atom stereocenters. The lowest BCUT2D eigenvalue weighted by molar-refractivity contribution is -0.146. The zero-order valence-corrected chi connectivity index (χ0v) is 13.2. The van der Waals surface area contributed by atoms with Crippen LogP contribution in [0.15, 0.2) is 60.7 Å². The maximum atomic E-state index is 12.3. The van der Waals surface area contributed by atoms with Crippen LogP contribution in [0.25, 0.3) is 0 Å². The van der Waals surface area contributed by atoms with Crippen molar-refractivity contribution < 1.29 is 14.4 Å². The normalized spacial score (nSPS) is 14.8. The van der Waals surface area contributed by atoms with E-state index in [-0.39, 0.29) is 18.7 Å². The van der Waals surface area contributed by atoms with Crippen molar-refractivity contribution in [3.8, 4) is 0 Å². The fraction of sp³-hybridized carbons (Fsp3) is 0.211. The fourth-order valence-corrected chi connectivity index (χ4v) is 2.75. The number of benzene rings is 2. The van der Waals surface area contributed by atoms with Crippen molar-refractivity contribution in [3.05, 3.63) is 66.2 Å². The molecule has 0 N–H and O–H groups in total. The highest BCUT2D eigenvalue weighted by atomic mass is 16.2. The van der Waals surface area contributed by atoms with E-state index in [4.69, 9.17) is 0 Å². The minimum absolute atomic E-state index is 0.0265. The molecule has 0 spiro atoms. The molecule has 2 aromatic rings. The smallest absolute Gasteiger partial charge is 0.316 e. The van der Waals surface area contributed by atoms with Gasteiger partial charge in [0, 0.05) is 37.3 Å². The summed E-state index contributed by atoms with van der Waals surface area (Å²) in [5.41, 5.74) is 1.34. The SMILES string of the molecule is O=C(CCN1CCN(c2ccccc2)C(=O)C1=O)c1ccccc1. The number of carbonyl (C=O) groups is 3. The standard InChI is InChI=1S/C19H18N2O3/c22-17(15-7-3-1-4-8-15)11-12-20-13-14-21(19(24)18(20)23)16-9-5-2-6-10-16/h1-10H,11-14H2. The van der Waals surface area contributed by atoms with Gasteiger partial charge in [-0.2, -0.15) is 0 Å². The Morgan fingerprint density at radius 1 is 0.833 bits per heavy atom. The first-order valence-electron chi connectivity index (χ1n) is 7.91. The van der Waals surface area contributed by atoms with E-state index in [2.05, 4.69) is 0 Å². The van der Waals surface area contributed by atoms with Gasteiger partial charge >= 0.3 is 11.8 Å². The number of piperazine rings is 1. The molecule has 1 heterocycles. The van der Waals surface area contributed by atoms with Gasteiger partial charge in [0.25, 0.3) is 0 Å². The highest BCUT2D eigenvalue weighted by Gasteiger charge is 2.33. The maximum Gasteiger partial charge on any atom is 0.316 e. The van der Waals surface area contributed by atoms with E-state index in [0.717, 1.165) is 5.69 Å². The van der Waals surface area contributed by atoms with Gasteiger partial charge in [0.15, 0.2) is 5.78 Å². The molecule has 1 aliphatic rings. The van der Waals surface area contributed by atoms with Crippen molar-refractivity contribution >= 4 is 23.3 Å². The van der Waals surface area contributed by atoms with Crippen LogP contribution >= 0.6 is 0 Å². The van der Waals surface area contributed by atoms with Gasteiger partial charge in [-0.15, -0.1) is 0 Å². The van der Waals surface area contributed by atoms with E-state index in [1.807, 2.05) is 24.3 Å². The van der Waals surface area contributed by atoms with Gasteiger partial charge in [0.1, 0.15) is 0 Å². The molecule has 0 unspecified atom stereocenters. The molecule has 1 saturated heterocycles. The zero-order chi connectivity index (χ0) is 16.9. The van der Waals surface area contributed by atoms with Gasteiger partial charge in [-0.1, -0.05) is 48.5 Å². The number of rotatable bonds is 5. The van der Waals surface area contributed by atoms with Crippen LogP contribution in [0, 0.1) is 0 Å². The Labute approximate surface area is 140 Å². The average molecular weight is 322 g/mol. The predicted molar refractivity (Wildman–Crippen MR) is 90.8 cm³/mol. The lowest BCUT2D eigenvalue weighted by Gasteiger charge is -2.33.